The van der Waals surface area contributed by atoms with Crippen LogP contribution in [0.3, 0.4) is 0 Å². The molecule has 0 aliphatic carbocycles. The summed E-state index contributed by atoms with van der Waals surface area (Å²) < 4.78 is 3.07. The van der Waals surface area contributed by atoms with E-state index in [1.54, 1.807) is 0 Å². The molecule has 0 fully saturated rings. The number of nitrogens with one attached hydrogen (secondary N) is 1. The Morgan fingerprint density at radius 2 is 1.79 bits per heavy atom. The lowest BCUT2D eigenvalue weighted by Crippen LogP contribution is -2.15. The fraction of sp³-hybridized carbons (Fsp3) is 0.263. The fourth-order valence-corrected chi connectivity index (χ4v) is 3.04. The Balaban J connectivity index is 1.75. The van der Waals surface area contributed by atoms with Gasteiger partial charge in [-0.15, -0.1) is 0 Å². The molecule has 3 rings (SSSR count). The molecule has 24 heavy (non-hydrogen) atoms. The van der Waals surface area contributed by atoms with E-state index in [0.717, 1.165) is 34.6 Å². The van der Waals surface area contributed by atoms with E-state index in [-0.39, 0.29) is 0 Å². The third-order valence-electron chi connectivity index (χ3n) is 4.22. The van der Waals surface area contributed by atoms with Crippen LogP contribution in [-0.2, 0) is 13.1 Å². The van der Waals surface area contributed by atoms with Crippen molar-refractivity contribution in [3.8, 4) is 5.69 Å². The van der Waals surface area contributed by atoms with Gasteiger partial charge < -0.3 is 5.32 Å². The average Bonchev–Trinajstić information content (AvgIpc) is 2.85. The minimum Gasteiger partial charge on any atom is -0.307 e. The summed E-state index contributed by atoms with van der Waals surface area (Å²) in [4.78, 5) is 4.43. The van der Waals surface area contributed by atoms with Gasteiger partial charge in [0.05, 0.1) is 17.1 Å². The summed E-state index contributed by atoms with van der Waals surface area (Å²) in [7, 11) is 0. The van der Waals surface area contributed by atoms with Gasteiger partial charge in [0, 0.05) is 35.0 Å². The standard InChI is InChI=1S/C19H21BrN4/c1-13-5-4-10-22-19(13)12-21-11-18-14(2)23-24(15(18)3)17-8-6-16(20)7-9-17/h4-10,21H,11-12H2,1-3H3. The van der Waals surface area contributed by atoms with Crippen molar-refractivity contribution in [2.24, 2.45) is 0 Å². The molecule has 0 aliphatic heterocycles. The highest BCUT2D eigenvalue weighted by Gasteiger charge is 2.12. The van der Waals surface area contributed by atoms with Crippen LogP contribution in [0.5, 0.6) is 0 Å². The van der Waals surface area contributed by atoms with Crippen LogP contribution in [-0.4, -0.2) is 14.8 Å². The second-order valence-electron chi connectivity index (χ2n) is 5.91. The summed E-state index contributed by atoms with van der Waals surface area (Å²) in [6, 6.07) is 12.3. The number of aromatic nitrogens is 3. The van der Waals surface area contributed by atoms with Gasteiger partial charge in [0.25, 0.3) is 0 Å². The van der Waals surface area contributed by atoms with Crippen molar-refractivity contribution in [2.75, 3.05) is 0 Å². The van der Waals surface area contributed by atoms with Crippen molar-refractivity contribution in [3.05, 3.63) is 75.3 Å². The van der Waals surface area contributed by atoms with Gasteiger partial charge in [-0.3, -0.25) is 4.98 Å². The Morgan fingerprint density at radius 3 is 2.50 bits per heavy atom. The Bertz CT molecular complexity index is 837. The number of pyridine rings is 1. The van der Waals surface area contributed by atoms with Crippen LogP contribution in [0.2, 0.25) is 0 Å². The summed E-state index contributed by atoms with van der Waals surface area (Å²) in [6.07, 6.45) is 1.84. The Kier molecular flexibility index (Phi) is 5.11. The van der Waals surface area contributed by atoms with Crippen molar-refractivity contribution in [1.82, 2.24) is 20.1 Å². The van der Waals surface area contributed by atoms with Gasteiger partial charge in [-0.1, -0.05) is 22.0 Å². The molecule has 0 amide bonds. The molecule has 0 radical (unpaired) electrons. The van der Waals surface area contributed by atoms with Crippen molar-refractivity contribution in [1.29, 1.82) is 0 Å². The van der Waals surface area contributed by atoms with E-state index >= 15 is 0 Å². The summed E-state index contributed by atoms with van der Waals surface area (Å²) in [6.45, 7) is 7.81. The topological polar surface area (TPSA) is 42.7 Å². The Morgan fingerprint density at radius 1 is 1.04 bits per heavy atom. The first-order valence-corrected chi connectivity index (χ1v) is 8.78. The van der Waals surface area contributed by atoms with E-state index in [1.807, 2.05) is 29.1 Å². The molecule has 5 heteroatoms. The molecule has 0 saturated carbocycles. The number of aryl methyl sites for hydroxylation is 2. The number of benzene rings is 1. The minimum absolute atomic E-state index is 0.759. The molecule has 3 aromatic rings. The van der Waals surface area contributed by atoms with E-state index in [1.165, 1.54) is 16.8 Å². The molecule has 0 aliphatic rings. The maximum atomic E-state index is 4.70. The molecule has 1 N–H and O–H groups in total. The molecule has 2 heterocycles. The largest absolute Gasteiger partial charge is 0.307 e. The number of rotatable bonds is 5. The van der Waals surface area contributed by atoms with Crippen molar-refractivity contribution < 1.29 is 0 Å². The third-order valence-corrected chi connectivity index (χ3v) is 4.75. The first-order valence-electron chi connectivity index (χ1n) is 7.98. The molecule has 4 nitrogen and oxygen atoms in total. The number of nitrogens with zero attached hydrogens (tertiary/aromatic N) is 3. The zero-order valence-corrected chi connectivity index (χ0v) is 15.8. The monoisotopic (exact) mass is 384 g/mol. The predicted octanol–water partition coefficient (Wildman–Crippen LogP) is 4.24. The zero-order valence-electron chi connectivity index (χ0n) is 14.2. The zero-order chi connectivity index (χ0) is 17.1. The highest BCUT2D eigenvalue weighted by atomic mass is 79.9. The van der Waals surface area contributed by atoms with Gasteiger partial charge in [-0.05, 0) is 56.7 Å². The average molecular weight is 385 g/mol. The van der Waals surface area contributed by atoms with Crippen LogP contribution < -0.4 is 5.32 Å². The second-order valence-corrected chi connectivity index (χ2v) is 6.82. The van der Waals surface area contributed by atoms with Crippen LogP contribution in [0.15, 0.2) is 47.1 Å². The van der Waals surface area contributed by atoms with Crippen molar-refractivity contribution >= 4 is 15.9 Å². The van der Waals surface area contributed by atoms with Crippen LogP contribution in [0, 0.1) is 20.8 Å². The molecule has 0 atom stereocenters. The van der Waals surface area contributed by atoms with E-state index in [2.05, 4.69) is 65.2 Å². The SMILES string of the molecule is Cc1cccnc1CNCc1c(C)nn(-c2ccc(Br)cc2)c1C. The lowest BCUT2D eigenvalue weighted by Gasteiger charge is -2.08. The molecular weight excluding hydrogens is 364 g/mol. The summed E-state index contributed by atoms with van der Waals surface area (Å²) in [5.41, 5.74) is 6.84. The first kappa shape index (κ1) is 16.9. The highest BCUT2D eigenvalue weighted by Crippen LogP contribution is 2.20. The van der Waals surface area contributed by atoms with Gasteiger partial charge in [0.2, 0.25) is 0 Å². The summed E-state index contributed by atoms with van der Waals surface area (Å²) >= 11 is 3.47. The second kappa shape index (κ2) is 7.28. The van der Waals surface area contributed by atoms with Crippen molar-refractivity contribution in [2.45, 2.75) is 33.9 Å². The maximum absolute atomic E-state index is 4.70. The fourth-order valence-electron chi connectivity index (χ4n) is 2.77. The number of halogens is 1. The van der Waals surface area contributed by atoms with Gasteiger partial charge in [0.15, 0.2) is 0 Å². The lowest BCUT2D eigenvalue weighted by molar-refractivity contribution is 0.671. The summed E-state index contributed by atoms with van der Waals surface area (Å²) in [5, 5.41) is 8.19. The molecular formula is C19H21BrN4. The normalized spacial score (nSPS) is 11.0. The van der Waals surface area contributed by atoms with Gasteiger partial charge in [-0.25, -0.2) is 4.68 Å². The van der Waals surface area contributed by atoms with Crippen LogP contribution >= 0.6 is 15.9 Å². The molecule has 1 aromatic carbocycles. The third kappa shape index (κ3) is 3.57. The van der Waals surface area contributed by atoms with Crippen molar-refractivity contribution in [3.63, 3.8) is 0 Å². The maximum Gasteiger partial charge on any atom is 0.0649 e. The Hall–Kier alpha value is -1.98. The molecule has 0 unspecified atom stereocenters. The number of hydrogen-bond donors (Lipinski definition) is 1. The lowest BCUT2D eigenvalue weighted by atomic mass is 10.2. The Labute approximate surface area is 151 Å². The minimum atomic E-state index is 0.759. The van der Waals surface area contributed by atoms with Crippen LogP contribution in [0.25, 0.3) is 5.69 Å². The van der Waals surface area contributed by atoms with E-state index in [9.17, 15) is 0 Å². The highest BCUT2D eigenvalue weighted by molar-refractivity contribution is 9.10. The van der Waals surface area contributed by atoms with E-state index in [4.69, 9.17) is 5.10 Å². The molecule has 0 saturated heterocycles. The summed E-state index contributed by atoms with van der Waals surface area (Å²) in [5.74, 6) is 0. The van der Waals surface area contributed by atoms with Gasteiger partial charge in [0.1, 0.15) is 0 Å². The first-order chi connectivity index (χ1) is 11.6. The van der Waals surface area contributed by atoms with Gasteiger partial charge >= 0.3 is 0 Å². The van der Waals surface area contributed by atoms with E-state index in [0.29, 0.717) is 0 Å². The predicted molar refractivity (Wildman–Crippen MR) is 100 cm³/mol. The quantitative estimate of drug-likeness (QED) is 0.714. The smallest absolute Gasteiger partial charge is 0.0649 e. The van der Waals surface area contributed by atoms with Crippen LogP contribution in [0.1, 0.15) is 28.2 Å². The van der Waals surface area contributed by atoms with E-state index < -0.39 is 0 Å². The molecule has 0 bridgehead atoms. The molecule has 124 valence electrons. The van der Waals surface area contributed by atoms with Crippen LogP contribution in [0.4, 0.5) is 0 Å². The van der Waals surface area contributed by atoms with Gasteiger partial charge in [-0.2, -0.15) is 5.10 Å². The molecule has 0 spiro atoms. The number of hydrogen-bond acceptors (Lipinski definition) is 3. The molecule has 2 aromatic heterocycles.